The Morgan fingerprint density at radius 1 is 1.09 bits per heavy atom. The van der Waals surface area contributed by atoms with Crippen molar-refractivity contribution in [2.45, 2.75) is 39.2 Å². The second-order valence-corrected chi connectivity index (χ2v) is 6.94. The molecule has 0 spiro atoms. The van der Waals surface area contributed by atoms with Crippen LogP contribution in [0.25, 0.3) is 0 Å². The SMILES string of the molecule is CCCCOc1ccc(/C=N\NC(=O)C[C@@H](NC(=O)OCC)c2ccccc2)cc1OC. The number of nitrogens with zero attached hydrogens (tertiary/aromatic N) is 1. The summed E-state index contributed by atoms with van der Waals surface area (Å²) in [5, 5.41) is 6.73. The maximum atomic E-state index is 12.4. The summed E-state index contributed by atoms with van der Waals surface area (Å²) in [7, 11) is 1.57. The number of carbonyl (C=O) groups excluding carboxylic acids is 2. The van der Waals surface area contributed by atoms with Crippen LogP contribution in [0.5, 0.6) is 11.5 Å². The van der Waals surface area contributed by atoms with Crippen molar-refractivity contribution in [3.05, 3.63) is 59.7 Å². The molecule has 2 aromatic rings. The maximum Gasteiger partial charge on any atom is 0.407 e. The largest absolute Gasteiger partial charge is 0.493 e. The van der Waals surface area contributed by atoms with E-state index in [4.69, 9.17) is 14.2 Å². The van der Waals surface area contributed by atoms with Crippen LogP contribution < -0.4 is 20.2 Å². The average molecular weight is 442 g/mol. The Balaban J connectivity index is 1.97. The molecule has 0 aromatic heterocycles. The highest BCUT2D eigenvalue weighted by molar-refractivity contribution is 5.83. The van der Waals surface area contributed by atoms with E-state index in [0.29, 0.717) is 18.1 Å². The molecule has 172 valence electrons. The second kappa shape index (κ2) is 13.7. The van der Waals surface area contributed by atoms with Crippen molar-refractivity contribution in [3.63, 3.8) is 0 Å². The van der Waals surface area contributed by atoms with E-state index in [2.05, 4.69) is 22.8 Å². The molecular formula is C24H31N3O5. The van der Waals surface area contributed by atoms with Crippen molar-refractivity contribution in [3.8, 4) is 11.5 Å². The van der Waals surface area contributed by atoms with Gasteiger partial charge in [0.05, 0.1) is 39.0 Å². The summed E-state index contributed by atoms with van der Waals surface area (Å²) in [6.45, 7) is 4.69. The van der Waals surface area contributed by atoms with Crippen molar-refractivity contribution >= 4 is 18.2 Å². The molecule has 0 unspecified atom stereocenters. The number of amides is 2. The molecule has 2 N–H and O–H groups in total. The fraction of sp³-hybridized carbons (Fsp3) is 0.375. The lowest BCUT2D eigenvalue weighted by Gasteiger charge is -2.18. The highest BCUT2D eigenvalue weighted by Crippen LogP contribution is 2.27. The Hall–Kier alpha value is -3.55. The molecule has 32 heavy (non-hydrogen) atoms. The number of hydrogen-bond acceptors (Lipinski definition) is 6. The minimum atomic E-state index is -0.578. The summed E-state index contributed by atoms with van der Waals surface area (Å²) < 4.78 is 16.0. The molecule has 2 aromatic carbocycles. The second-order valence-electron chi connectivity index (χ2n) is 6.94. The molecule has 0 saturated heterocycles. The third-order valence-electron chi connectivity index (χ3n) is 4.50. The van der Waals surface area contributed by atoms with Crippen molar-refractivity contribution in [1.82, 2.24) is 10.7 Å². The Morgan fingerprint density at radius 2 is 1.88 bits per heavy atom. The fourth-order valence-electron chi connectivity index (χ4n) is 2.87. The lowest BCUT2D eigenvalue weighted by molar-refractivity contribution is -0.121. The van der Waals surface area contributed by atoms with Gasteiger partial charge in [0, 0.05) is 0 Å². The lowest BCUT2D eigenvalue weighted by Crippen LogP contribution is -2.33. The van der Waals surface area contributed by atoms with E-state index in [1.807, 2.05) is 42.5 Å². The number of alkyl carbamates (subject to hydrolysis) is 1. The molecular weight excluding hydrogens is 410 g/mol. The predicted molar refractivity (Wildman–Crippen MR) is 123 cm³/mol. The molecule has 8 heteroatoms. The van der Waals surface area contributed by atoms with Crippen LogP contribution in [0.1, 0.15) is 50.3 Å². The van der Waals surface area contributed by atoms with E-state index in [1.54, 1.807) is 20.1 Å². The molecule has 0 aliphatic rings. The van der Waals surface area contributed by atoms with E-state index in [0.717, 1.165) is 24.0 Å². The van der Waals surface area contributed by atoms with Crippen LogP contribution in [0.2, 0.25) is 0 Å². The van der Waals surface area contributed by atoms with Gasteiger partial charge in [-0.05, 0) is 42.7 Å². The fourth-order valence-corrected chi connectivity index (χ4v) is 2.87. The first kappa shape index (κ1) is 24.7. The molecule has 0 aliphatic carbocycles. The summed E-state index contributed by atoms with van der Waals surface area (Å²) in [5.74, 6) is 0.912. The minimum Gasteiger partial charge on any atom is -0.493 e. The minimum absolute atomic E-state index is 0.00763. The molecule has 0 heterocycles. The number of methoxy groups -OCH3 is 1. The first-order valence-electron chi connectivity index (χ1n) is 10.7. The normalized spacial score (nSPS) is 11.6. The quantitative estimate of drug-likeness (QED) is 0.292. The summed E-state index contributed by atoms with van der Waals surface area (Å²) in [5.41, 5.74) is 4.04. The van der Waals surface area contributed by atoms with Gasteiger partial charge in [0.25, 0.3) is 0 Å². The summed E-state index contributed by atoms with van der Waals surface area (Å²) >= 11 is 0. The molecule has 2 amide bonds. The van der Waals surface area contributed by atoms with E-state index < -0.39 is 12.1 Å². The Morgan fingerprint density at radius 3 is 2.56 bits per heavy atom. The molecule has 8 nitrogen and oxygen atoms in total. The monoisotopic (exact) mass is 441 g/mol. The van der Waals surface area contributed by atoms with Gasteiger partial charge in [0.2, 0.25) is 5.91 Å². The molecule has 2 rings (SSSR count). The van der Waals surface area contributed by atoms with Crippen LogP contribution in [0, 0.1) is 0 Å². The third-order valence-corrected chi connectivity index (χ3v) is 4.50. The van der Waals surface area contributed by atoms with Crippen molar-refractivity contribution in [2.24, 2.45) is 5.10 Å². The van der Waals surface area contributed by atoms with Gasteiger partial charge in [-0.1, -0.05) is 43.7 Å². The number of hydrogen-bond donors (Lipinski definition) is 2. The van der Waals surface area contributed by atoms with Crippen LogP contribution in [-0.2, 0) is 9.53 Å². The first-order valence-corrected chi connectivity index (χ1v) is 10.7. The molecule has 0 saturated carbocycles. The highest BCUT2D eigenvalue weighted by atomic mass is 16.5. The summed E-state index contributed by atoms with van der Waals surface area (Å²) in [6, 6.07) is 14.1. The zero-order valence-corrected chi connectivity index (χ0v) is 18.8. The van der Waals surface area contributed by atoms with E-state index >= 15 is 0 Å². The maximum absolute atomic E-state index is 12.4. The zero-order chi connectivity index (χ0) is 23.2. The number of hydrazone groups is 1. The van der Waals surface area contributed by atoms with Crippen LogP contribution in [0.4, 0.5) is 4.79 Å². The van der Waals surface area contributed by atoms with Gasteiger partial charge >= 0.3 is 6.09 Å². The van der Waals surface area contributed by atoms with Crippen LogP contribution in [-0.4, -0.2) is 38.5 Å². The van der Waals surface area contributed by atoms with Crippen LogP contribution >= 0.6 is 0 Å². The van der Waals surface area contributed by atoms with Crippen molar-refractivity contribution in [1.29, 1.82) is 0 Å². The van der Waals surface area contributed by atoms with Gasteiger partial charge in [-0.3, -0.25) is 4.79 Å². The molecule has 0 fully saturated rings. The summed E-state index contributed by atoms with van der Waals surface area (Å²) in [6.07, 6.45) is 2.96. The van der Waals surface area contributed by atoms with Gasteiger partial charge in [0.15, 0.2) is 11.5 Å². The van der Waals surface area contributed by atoms with Crippen LogP contribution in [0.15, 0.2) is 53.6 Å². The molecule has 0 bridgehead atoms. The van der Waals surface area contributed by atoms with Gasteiger partial charge in [-0.15, -0.1) is 0 Å². The van der Waals surface area contributed by atoms with Crippen LogP contribution in [0.3, 0.4) is 0 Å². The van der Waals surface area contributed by atoms with E-state index in [-0.39, 0.29) is 18.9 Å². The van der Waals surface area contributed by atoms with Crippen molar-refractivity contribution < 1.29 is 23.8 Å². The van der Waals surface area contributed by atoms with Gasteiger partial charge in [-0.25, -0.2) is 10.2 Å². The van der Waals surface area contributed by atoms with E-state index in [1.165, 1.54) is 6.21 Å². The summed E-state index contributed by atoms with van der Waals surface area (Å²) in [4.78, 5) is 24.3. The number of nitrogens with one attached hydrogen (secondary N) is 2. The standard InChI is InChI=1S/C24H31N3O5/c1-4-6-14-32-21-13-12-18(15-22(21)30-3)17-25-27-23(28)16-20(26-24(29)31-5-2)19-10-8-7-9-11-19/h7-13,15,17,20H,4-6,14,16H2,1-3H3,(H,26,29)(H,27,28)/b25-17-/t20-/m1/s1. The van der Waals surface area contributed by atoms with E-state index in [9.17, 15) is 9.59 Å². The zero-order valence-electron chi connectivity index (χ0n) is 18.8. The number of rotatable bonds is 12. The Labute approximate surface area is 188 Å². The number of benzene rings is 2. The number of ether oxygens (including phenoxy) is 3. The predicted octanol–water partition coefficient (Wildman–Crippen LogP) is 4.20. The molecule has 1 atom stereocenters. The van der Waals surface area contributed by atoms with Gasteiger partial charge < -0.3 is 19.5 Å². The first-order chi connectivity index (χ1) is 15.6. The lowest BCUT2D eigenvalue weighted by atomic mass is 10.0. The van der Waals surface area contributed by atoms with Gasteiger partial charge in [0.1, 0.15) is 0 Å². The third kappa shape index (κ3) is 8.29. The Bertz CT molecular complexity index is 886. The van der Waals surface area contributed by atoms with Gasteiger partial charge in [-0.2, -0.15) is 5.10 Å². The highest BCUT2D eigenvalue weighted by Gasteiger charge is 2.18. The number of carbonyl (C=O) groups is 2. The smallest absolute Gasteiger partial charge is 0.407 e. The number of unbranched alkanes of at least 4 members (excludes halogenated alkanes) is 1. The molecule has 0 aliphatic heterocycles. The molecule has 0 radical (unpaired) electrons. The average Bonchev–Trinajstić information content (AvgIpc) is 2.80. The topological polar surface area (TPSA) is 98.2 Å². The Kier molecular flexibility index (Phi) is 10.6. The van der Waals surface area contributed by atoms with Crippen molar-refractivity contribution in [2.75, 3.05) is 20.3 Å².